The zero-order chi connectivity index (χ0) is 16.9. The molecule has 0 atom stereocenters. The number of nitrogens with zero attached hydrogens (tertiary/aromatic N) is 1. The lowest BCUT2D eigenvalue weighted by Gasteiger charge is -2.05. The molecule has 0 bridgehead atoms. The molecule has 126 valence electrons. The SMILES string of the molecule is O=C(CCc1csc(NC(=O)Nc2cccc(Cl)c2)n1)NC1CC1. The third-order valence-corrected chi connectivity index (χ3v) is 4.45. The van der Waals surface area contributed by atoms with Crippen molar-refractivity contribution in [1.29, 1.82) is 0 Å². The monoisotopic (exact) mass is 364 g/mol. The Morgan fingerprint density at radius 1 is 1.29 bits per heavy atom. The van der Waals surface area contributed by atoms with Crippen molar-refractivity contribution in [2.24, 2.45) is 0 Å². The van der Waals surface area contributed by atoms with E-state index in [0.717, 1.165) is 18.5 Å². The minimum atomic E-state index is -0.385. The van der Waals surface area contributed by atoms with E-state index in [4.69, 9.17) is 11.6 Å². The van der Waals surface area contributed by atoms with Crippen molar-refractivity contribution in [3.8, 4) is 0 Å². The molecule has 6 nitrogen and oxygen atoms in total. The average Bonchev–Trinajstić information content (AvgIpc) is 3.22. The first-order valence-corrected chi connectivity index (χ1v) is 8.91. The number of halogens is 1. The van der Waals surface area contributed by atoms with Crippen molar-refractivity contribution in [3.63, 3.8) is 0 Å². The maximum absolute atomic E-state index is 11.9. The Kier molecular flexibility index (Phi) is 5.32. The molecule has 0 unspecified atom stereocenters. The first-order valence-electron chi connectivity index (χ1n) is 7.66. The van der Waals surface area contributed by atoms with Crippen molar-refractivity contribution in [3.05, 3.63) is 40.4 Å². The largest absolute Gasteiger partial charge is 0.353 e. The molecule has 1 heterocycles. The topological polar surface area (TPSA) is 83.1 Å². The van der Waals surface area contributed by atoms with Crippen LogP contribution < -0.4 is 16.0 Å². The highest BCUT2D eigenvalue weighted by atomic mass is 35.5. The van der Waals surface area contributed by atoms with E-state index in [-0.39, 0.29) is 11.9 Å². The van der Waals surface area contributed by atoms with Gasteiger partial charge in [-0.1, -0.05) is 17.7 Å². The van der Waals surface area contributed by atoms with Gasteiger partial charge in [0.1, 0.15) is 0 Å². The van der Waals surface area contributed by atoms with Gasteiger partial charge in [-0.25, -0.2) is 9.78 Å². The molecule has 3 rings (SSSR count). The van der Waals surface area contributed by atoms with Gasteiger partial charge in [-0.3, -0.25) is 10.1 Å². The second-order valence-electron chi connectivity index (χ2n) is 5.58. The normalized spacial score (nSPS) is 13.4. The second-order valence-corrected chi connectivity index (χ2v) is 6.87. The molecule has 24 heavy (non-hydrogen) atoms. The quantitative estimate of drug-likeness (QED) is 0.731. The third-order valence-electron chi connectivity index (χ3n) is 3.41. The zero-order valence-corrected chi connectivity index (χ0v) is 14.4. The van der Waals surface area contributed by atoms with Crippen LogP contribution in [0.2, 0.25) is 5.02 Å². The predicted octanol–water partition coefficient (Wildman–Crippen LogP) is 3.65. The number of anilines is 2. The fourth-order valence-corrected chi connectivity index (χ4v) is 3.00. The first-order chi connectivity index (χ1) is 11.6. The van der Waals surface area contributed by atoms with Gasteiger partial charge in [0.05, 0.1) is 5.69 Å². The van der Waals surface area contributed by atoms with Gasteiger partial charge in [0.25, 0.3) is 0 Å². The molecule has 8 heteroatoms. The van der Waals surface area contributed by atoms with Crippen molar-refractivity contribution in [2.45, 2.75) is 31.7 Å². The molecule has 1 aromatic carbocycles. The lowest BCUT2D eigenvalue weighted by atomic mass is 10.2. The van der Waals surface area contributed by atoms with Crippen LogP contribution in [0.15, 0.2) is 29.6 Å². The highest BCUT2D eigenvalue weighted by molar-refractivity contribution is 7.13. The lowest BCUT2D eigenvalue weighted by Crippen LogP contribution is -2.25. The van der Waals surface area contributed by atoms with Crippen molar-refractivity contribution >= 4 is 45.7 Å². The first kappa shape index (κ1) is 16.7. The Labute approximate surface area is 148 Å². The highest BCUT2D eigenvalue weighted by Crippen LogP contribution is 2.20. The molecule has 3 N–H and O–H groups in total. The molecule has 3 amide bonds. The fourth-order valence-electron chi connectivity index (χ4n) is 2.07. The maximum atomic E-state index is 11.9. The number of carbonyl (C=O) groups is 2. The number of rotatable bonds is 6. The second kappa shape index (κ2) is 7.63. The Morgan fingerprint density at radius 3 is 2.88 bits per heavy atom. The molecule has 0 spiro atoms. The summed E-state index contributed by atoms with van der Waals surface area (Å²) in [6, 6.07) is 6.89. The molecular formula is C16H17ClN4O2S. The summed E-state index contributed by atoms with van der Waals surface area (Å²) in [7, 11) is 0. The van der Waals surface area contributed by atoms with Crippen LogP contribution in [-0.2, 0) is 11.2 Å². The number of hydrogen-bond acceptors (Lipinski definition) is 4. The van der Waals surface area contributed by atoms with Crippen LogP contribution in [0.25, 0.3) is 0 Å². The minimum absolute atomic E-state index is 0.0544. The van der Waals surface area contributed by atoms with E-state index in [1.165, 1.54) is 11.3 Å². The number of thiazole rings is 1. The summed E-state index contributed by atoms with van der Waals surface area (Å²) < 4.78 is 0. The number of hydrogen-bond donors (Lipinski definition) is 3. The summed E-state index contributed by atoms with van der Waals surface area (Å²) in [6.45, 7) is 0. The van der Waals surface area contributed by atoms with Gasteiger partial charge in [-0.15, -0.1) is 11.3 Å². The Balaban J connectivity index is 1.46. The summed E-state index contributed by atoms with van der Waals surface area (Å²) in [5, 5.41) is 11.2. The molecule has 1 aliphatic carbocycles. The number of urea groups is 1. The van der Waals surface area contributed by atoms with Crippen LogP contribution in [0.5, 0.6) is 0 Å². The van der Waals surface area contributed by atoms with E-state index in [9.17, 15) is 9.59 Å². The maximum Gasteiger partial charge on any atom is 0.325 e. The molecule has 1 saturated carbocycles. The molecule has 0 saturated heterocycles. The summed E-state index contributed by atoms with van der Waals surface area (Å²) >= 11 is 7.20. The van der Waals surface area contributed by atoms with Crippen LogP contribution in [0.3, 0.4) is 0 Å². The Bertz CT molecular complexity index is 745. The standard InChI is InChI=1S/C16H17ClN4O2S/c17-10-2-1-3-12(8-10)19-15(23)21-16-20-13(9-24-16)6-7-14(22)18-11-4-5-11/h1-3,8-9,11H,4-7H2,(H,18,22)(H2,19,20,21,23). The summed E-state index contributed by atoms with van der Waals surface area (Å²) in [4.78, 5) is 27.9. The fraction of sp³-hybridized carbons (Fsp3) is 0.312. The van der Waals surface area contributed by atoms with Gasteiger partial charge in [0.2, 0.25) is 5.91 Å². The average molecular weight is 365 g/mol. The number of aromatic nitrogens is 1. The molecule has 1 aliphatic rings. The van der Waals surface area contributed by atoms with E-state index in [2.05, 4.69) is 20.9 Å². The number of benzene rings is 1. The van der Waals surface area contributed by atoms with Gasteiger partial charge in [-0.05, 0) is 37.5 Å². The van der Waals surface area contributed by atoms with Crippen LogP contribution in [0.4, 0.5) is 15.6 Å². The van der Waals surface area contributed by atoms with Gasteiger partial charge in [0, 0.05) is 28.6 Å². The van der Waals surface area contributed by atoms with Crippen molar-refractivity contribution in [2.75, 3.05) is 10.6 Å². The van der Waals surface area contributed by atoms with Gasteiger partial charge < -0.3 is 10.6 Å². The Morgan fingerprint density at radius 2 is 2.12 bits per heavy atom. The number of carbonyl (C=O) groups excluding carboxylic acids is 2. The summed E-state index contributed by atoms with van der Waals surface area (Å²) in [5.41, 5.74) is 1.40. The molecule has 0 aliphatic heterocycles. The summed E-state index contributed by atoms with van der Waals surface area (Å²) in [6.07, 6.45) is 3.14. The van der Waals surface area contributed by atoms with Gasteiger partial charge in [0.15, 0.2) is 5.13 Å². The summed E-state index contributed by atoms with van der Waals surface area (Å²) in [5.74, 6) is 0.0544. The zero-order valence-electron chi connectivity index (χ0n) is 12.8. The van der Waals surface area contributed by atoms with E-state index in [1.54, 1.807) is 24.3 Å². The third kappa shape index (κ3) is 5.21. The molecule has 2 aromatic rings. The van der Waals surface area contributed by atoms with E-state index < -0.39 is 0 Å². The smallest absolute Gasteiger partial charge is 0.325 e. The van der Waals surface area contributed by atoms with Crippen LogP contribution >= 0.6 is 22.9 Å². The van der Waals surface area contributed by atoms with Crippen molar-refractivity contribution < 1.29 is 9.59 Å². The van der Waals surface area contributed by atoms with E-state index >= 15 is 0 Å². The predicted molar refractivity (Wildman–Crippen MR) is 95.7 cm³/mol. The number of aryl methyl sites for hydroxylation is 1. The van der Waals surface area contributed by atoms with Crippen LogP contribution in [-0.4, -0.2) is 23.0 Å². The minimum Gasteiger partial charge on any atom is -0.353 e. The van der Waals surface area contributed by atoms with Gasteiger partial charge in [-0.2, -0.15) is 0 Å². The highest BCUT2D eigenvalue weighted by Gasteiger charge is 2.22. The van der Waals surface area contributed by atoms with Gasteiger partial charge >= 0.3 is 6.03 Å². The van der Waals surface area contributed by atoms with Crippen LogP contribution in [0, 0.1) is 0 Å². The van der Waals surface area contributed by atoms with E-state index in [1.807, 2.05) is 5.38 Å². The molecule has 1 fully saturated rings. The number of amides is 3. The molecule has 0 radical (unpaired) electrons. The molecule has 1 aromatic heterocycles. The van der Waals surface area contributed by atoms with Crippen molar-refractivity contribution in [1.82, 2.24) is 10.3 Å². The Hall–Kier alpha value is -2.12. The van der Waals surface area contributed by atoms with Crippen LogP contribution in [0.1, 0.15) is 25.0 Å². The molecular weight excluding hydrogens is 348 g/mol. The number of nitrogens with one attached hydrogen (secondary N) is 3. The lowest BCUT2D eigenvalue weighted by molar-refractivity contribution is -0.121. The van der Waals surface area contributed by atoms with E-state index in [0.29, 0.717) is 34.7 Å².